The van der Waals surface area contributed by atoms with Crippen LogP contribution in [0.3, 0.4) is 0 Å². The van der Waals surface area contributed by atoms with E-state index >= 15 is 0 Å². The van der Waals surface area contributed by atoms with Crippen LogP contribution in [0, 0.1) is 6.92 Å². The van der Waals surface area contributed by atoms with Gasteiger partial charge in [-0.1, -0.05) is 5.16 Å². The zero-order chi connectivity index (χ0) is 17.1. The van der Waals surface area contributed by atoms with Crippen molar-refractivity contribution in [2.75, 3.05) is 18.5 Å². The van der Waals surface area contributed by atoms with Crippen LogP contribution in [0.2, 0.25) is 0 Å². The number of amides is 1. The summed E-state index contributed by atoms with van der Waals surface area (Å²) in [6.07, 6.45) is 2.29. The van der Waals surface area contributed by atoms with Crippen molar-refractivity contribution in [1.82, 2.24) is 20.0 Å². The fourth-order valence-corrected chi connectivity index (χ4v) is 2.74. The van der Waals surface area contributed by atoms with E-state index in [1.165, 1.54) is 6.33 Å². The van der Waals surface area contributed by atoms with E-state index in [1.54, 1.807) is 13.0 Å². The Hall–Kier alpha value is -2.48. The van der Waals surface area contributed by atoms with Gasteiger partial charge in [0.25, 0.3) is 0 Å². The highest BCUT2D eigenvalue weighted by molar-refractivity contribution is 5.93. The van der Waals surface area contributed by atoms with Crippen molar-refractivity contribution in [3.8, 4) is 5.88 Å². The van der Waals surface area contributed by atoms with Crippen LogP contribution in [0.1, 0.15) is 30.8 Å². The van der Waals surface area contributed by atoms with Gasteiger partial charge >= 0.3 is 0 Å². The highest BCUT2D eigenvalue weighted by Crippen LogP contribution is 2.26. The number of anilines is 1. The summed E-state index contributed by atoms with van der Waals surface area (Å²) in [6.45, 7) is 7.47. The molecule has 0 aromatic carbocycles. The van der Waals surface area contributed by atoms with Crippen LogP contribution in [-0.2, 0) is 17.8 Å². The molecule has 1 atom stereocenters. The lowest BCUT2D eigenvalue weighted by Crippen LogP contribution is -2.44. The van der Waals surface area contributed by atoms with Crippen molar-refractivity contribution in [1.29, 1.82) is 0 Å². The van der Waals surface area contributed by atoms with E-state index in [-0.39, 0.29) is 11.9 Å². The highest BCUT2D eigenvalue weighted by Gasteiger charge is 2.28. The number of fused-ring (bicyclic) bond motifs is 1. The van der Waals surface area contributed by atoms with E-state index in [4.69, 9.17) is 9.26 Å². The number of hydrogen-bond acceptors (Lipinski definition) is 7. The molecule has 2 aromatic heterocycles. The van der Waals surface area contributed by atoms with Crippen LogP contribution >= 0.6 is 0 Å². The van der Waals surface area contributed by atoms with Gasteiger partial charge in [-0.05, 0) is 20.8 Å². The lowest BCUT2D eigenvalue weighted by Gasteiger charge is -2.32. The lowest BCUT2D eigenvalue weighted by atomic mass is 10.0. The van der Waals surface area contributed by atoms with Crippen LogP contribution in [0.5, 0.6) is 5.88 Å². The van der Waals surface area contributed by atoms with Gasteiger partial charge in [-0.25, -0.2) is 9.97 Å². The van der Waals surface area contributed by atoms with Gasteiger partial charge in [0, 0.05) is 31.1 Å². The Kier molecular flexibility index (Phi) is 4.75. The van der Waals surface area contributed by atoms with Crippen molar-refractivity contribution >= 4 is 11.8 Å². The fourth-order valence-electron chi connectivity index (χ4n) is 2.74. The molecule has 0 saturated carbocycles. The molecule has 0 bridgehead atoms. The number of hydrogen-bond donors (Lipinski definition) is 1. The van der Waals surface area contributed by atoms with E-state index in [2.05, 4.69) is 25.3 Å². The second kappa shape index (κ2) is 6.96. The first kappa shape index (κ1) is 16.4. The maximum atomic E-state index is 12.4. The molecule has 1 N–H and O–H groups in total. The molecule has 8 heteroatoms. The third-order valence-electron chi connectivity index (χ3n) is 4.07. The largest absolute Gasteiger partial charge is 0.478 e. The Bertz CT molecular complexity index is 730. The van der Waals surface area contributed by atoms with Crippen molar-refractivity contribution in [3.63, 3.8) is 0 Å². The van der Waals surface area contributed by atoms with Gasteiger partial charge in [0.05, 0.1) is 24.0 Å². The van der Waals surface area contributed by atoms with Crippen LogP contribution in [0.25, 0.3) is 0 Å². The summed E-state index contributed by atoms with van der Waals surface area (Å²) in [5.74, 6) is 0.829. The minimum atomic E-state index is -0.321. The van der Waals surface area contributed by atoms with E-state index < -0.39 is 0 Å². The van der Waals surface area contributed by atoms with Crippen LogP contribution < -0.4 is 10.1 Å². The van der Waals surface area contributed by atoms with E-state index in [9.17, 15) is 4.79 Å². The first-order valence-electron chi connectivity index (χ1n) is 8.02. The topological polar surface area (TPSA) is 93.4 Å². The Morgan fingerprint density at radius 1 is 1.50 bits per heavy atom. The second-order valence-corrected chi connectivity index (χ2v) is 5.76. The SMILES string of the molecule is CCOc1ncnc2c1CN(C(C)C(=O)Nc1cc(C)no1)CC2. The van der Waals surface area contributed by atoms with Gasteiger partial charge < -0.3 is 9.26 Å². The number of nitrogens with zero attached hydrogens (tertiary/aromatic N) is 4. The maximum absolute atomic E-state index is 12.4. The van der Waals surface area contributed by atoms with Crippen LogP contribution in [-0.4, -0.2) is 45.1 Å². The Balaban J connectivity index is 1.71. The standard InChI is InChI=1S/C16H21N5O3/c1-4-23-16-12-8-21(6-5-13(12)17-9-18-16)11(3)15(22)19-14-7-10(2)20-24-14/h7,9,11H,4-6,8H2,1-3H3,(H,19,22). The number of aromatic nitrogens is 3. The molecule has 24 heavy (non-hydrogen) atoms. The molecule has 1 amide bonds. The van der Waals surface area contributed by atoms with E-state index in [1.807, 2.05) is 13.8 Å². The van der Waals surface area contributed by atoms with Gasteiger partial charge in [-0.2, -0.15) is 0 Å². The average Bonchev–Trinajstić information content (AvgIpc) is 2.99. The minimum Gasteiger partial charge on any atom is -0.478 e. The number of carbonyl (C=O) groups is 1. The third kappa shape index (κ3) is 3.38. The van der Waals surface area contributed by atoms with Crippen LogP contribution in [0.15, 0.2) is 16.9 Å². The molecule has 0 spiro atoms. The normalized spacial score (nSPS) is 15.6. The van der Waals surface area contributed by atoms with E-state index in [0.29, 0.717) is 24.9 Å². The van der Waals surface area contributed by atoms with Gasteiger partial charge in [-0.3, -0.25) is 15.0 Å². The quantitative estimate of drug-likeness (QED) is 0.888. The summed E-state index contributed by atoms with van der Waals surface area (Å²) in [6, 6.07) is 1.37. The maximum Gasteiger partial charge on any atom is 0.243 e. The molecular weight excluding hydrogens is 310 g/mol. The third-order valence-corrected chi connectivity index (χ3v) is 4.07. The zero-order valence-electron chi connectivity index (χ0n) is 14.1. The Morgan fingerprint density at radius 2 is 2.33 bits per heavy atom. The summed E-state index contributed by atoms with van der Waals surface area (Å²) in [7, 11) is 0. The first-order chi connectivity index (χ1) is 11.6. The molecule has 128 valence electrons. The molecule has 1 unspecified atom stereocenters. The Labute approximate surface area is 140 Å². The molecule has 0 aliphatic carbocycles. The van der Waals surface area contributed by atoms with Crippen molar-refractivity contribution in [2.45, 2.75) is 39.8 Å². The number of nitrogens with one attached hydrogen (secondary N) is 1. The second-order valence-electron chi connectivity index (χ2n) is 5.76. The monoisotopic (exact) mass is 331 g/mol. The van der Waals surface area contributed by atoms with Gasteiger partial charge in [0.1, 0.15) is 6.33 Å². The summed E-state index contributed by atoms with van der Waals surface area (Å²) >= 11 is 0. The molecule has 8 nitrogen and oxygen atoms in total. The zero-order valence-corrected chi connectivity index (χ0v) is 14.1. The minimum absolute atomic E-state index is 0.135. The predicted molar refractivity (Wildman–Crippen MR) is 86.6 cm³/mol. The van der Waals surface area contributed by atoms with Crippen molar-refractivity contribution in [2.24, 2.45) is 0 Å². The first-order valence-corrected chi connectivity index (χ1v) is 8.02. The predicted octanol–water partition coefficient (Wildman–Crippen LogP) is 1.56. The number of aryl methyl sites for hydroxylation is 1. The summed E-state index contributed by atoms with van der Waals surface area (Å²) in [4.78, 5) is 23.1. The molecular formula is C16H21N5O3. The van der Waals surface area contributed by atoms with Crippen molar-refractivity contribution < 1.29 is 14.1 Å². The summed E-state index contributed by atoms with van der Waals surface area (Å²) in [5.41, 5.74) is 2.67. The van der Waals surface area contributed by atoms with Gasteiger partial charge in [0.15, 0.2) is 0 Å². The molecule has 2 aromatic rings. The fraction of sp³-hybridized carbons (Fsp3) is 0.500. The highest BCUT2D eigenvalue weighted by atomic mass is 16.5. The molecule has 0 radical (unpaired) electrons. The molecule has 3 rings (SSSR count). The molecule has 0 saturated heterocycles. The molecule has 1 aliphatic rings. The molecule has 1 aliphatic heterocycles. The molecule has 0 fully saturated rings. The number of rotatable bonds is 5. The average molecular weight is 331 g/mol. The van der Waals surface area contributed by atoms with Crippen LogP contribution in [0.4, 0.5) is 5.88 Å². The van der Waals surface area contributed by atoms with E-state index in [0.717, 1.165) is 29.9 Å². The molecule has 3 heterocycles. The Morgan fingerprint density at radius 3 is 3.04 bits per heavy atom. The summed E-state index contributed by atoms with van der Waals surface area (Å²) in [5, 5.41) is 6.52. The van der Waals surface area contributed by atoms with Gasteiger partial charge in [-0.15, -0.1) is 0 Å². The lowest BCUT2D eigenvalue weighted by molar-refractivity contribution is -0.121. The number of carbonyl (C=O) groups excluding carboxylic acids is 1. The number of ether oxygens (including phenoxy) is 1. The van der Waals surface area contributed by atoms with Crippen molar-refractivity contribution in [3.05, 3.63) is 29.3 Å². The van der Waals surface area contributed by atoms with Gasteiger partial charge in [0.2, 0.25) is 17.7 Å². The smallest absolute Gasteiger partial charge is 0.243 e. The summed E-state index contributed by atoms with van der Waals surface area (Å²) < 4.78 is 10.6.